The molecule has 0 aromatic heterocycles. The van der Waals surface area contributed by atoms with Crippen molar-refractivity contribution in [2.24, 2.45) is 0 Å². The van der Waals surface area contributed by atoms with E-state index >= 15 is 0 Å². The third-order valence-electron chi connectivity index (χ3n) is 4.28. The van der Waals surface area contributed by atoms with E-state index in [0.29, 0.717) is 38.7 Å². The fraction of sp³-hybridized carbons (Fsp3) is 0.190. The van der Waals surface area contributed by atoms with Gasteiger partial charge < -0.3 is 14.2 Å². The Balaban J connectivity index is 1.92. The number of rotatable bonds is 8. The lowest BCUT2D eigenvalue weighted by Gasteiger charge is -2.14. The molecule has 0 aliphatic carbocycles. The Hall–Kier alpha value is -2.96. The molecule has 12 heteroatoms. The van der Waals surface area contributed by atoms with E-state index < -0.39 is 16.8 Å². The van der Waals surface area contributed by atoms with Crippen molar-refractivity contribution in [1.82, 2.24) is 0 Å². The van der Waals surface area contributed by atoms with Crippen LogP contribution in [-0.4, -0.2) is 41.4 Å². The molecule has 0 spiro atoms. The number of carbonyl (C=O) groups is 2. The molecule has 0 saturated carbocycles. The maximum Gasteiger partial charge on any atom is 0.343 e. The predicted molar refractivity (Wildman–Crippen MR) is 132 cm³/mol. The number of halogens is 1. The number of hydrogen-bond acceptors (Lipinski definition) is 9. The van der Waals surface area contributed by atoms with Crippen LogP contribution in [0.25, 0.3) is 6.08 Å². The number of thiocarbonyl (C=S) groups is 1. The Bertz CT molecular complexity index is 1170. The van der Waals surface area contributed by atoms with Gasteiger partial charge >= 0.3 is 5.97 Å². The van der Waals surface area contributed by atoms with Crippen molar-refractivity contribution in [3.05, 3.63) is 61.5 Å². The smallest absolute Gasteiger partial charge is 0.343 e. The minimum atomic E-state index is -0.543. The van der Waals surface area contributed by atoms with Crippen LogP contribution in [0.15, 0.2) is 45.8 Å². The van der Waals surface area contributed by atoms with Gasteiger partial charge in [-0.05, 0) is 52.7 Å². The number of hydrogen-bond donors (Lipinski definition) is 0. The highest BCUT2D eigenvalue weighted by Gasteiger charge is 2.34. The van der Waals surface area contributed by atoms with Gasteiger partial charge in [-0.3, -0.25) is 19.8 Å². The zero-order valence-corrected chi connectivity index (χ0v) is 20.6. The number of amides is 1. The van der Waals surface area contributed by atoms with Crippen molar-refractivity contribution in [2.75, 3.05) is 25.2 Å². The number of benzene rings is 2. The normalized spacial score (nSPS) is 14.5. The zero-order chi connectivity index (χ0) is 24.1. The van der Waals surface area contributed by atoms with E-state index in [1.54, 1.807) is 31.2 Å². The van der Waals surface area contributed by atoms with Crippen molar-refractivity contribution < 1.29 is 28.7 Å². The van der Waals surface area contributed by atoms with Crippen molar-refractivity contribution in [2.45, 2.75) is 6.92 Å². The molecule has 1 heterocycles. The van der Waals surface area contributed by atoms with E-state index in [0.717, 1.165) is 11.8 Å². The van der Waals surface area contributed by atoms with Crippen LogP contribution in [0, 0.1) is 10.1 Å². The number of nitro benzene ring substituents is 1. The lowest BCUT2D eigenvalue weighted by Crippen LogP contribution is -2.27. The quantitative estimate of drug-likeness (QED) is 0.151. The second-order valence-corrected chi connectivity index (χ2v) is 8.95. The molecular formula is C21H17BrN2O7S2. The molecule has 0 unspecified atom stereocenters. The van der Waals surface area contributed by atoms with Crippen molar-refractivity contribution >= 4 is 73.6 Å². The second-order valence-electron chi connectivity index (χ2n) is 6.42. The average molecular weight is 553 g/mol. The first-order chi connectivity index (χ1) is 15.7. The summed E-state index contributed by atoms with van der Waals surface area (Å²) in [6.07, 6.45) is 1.63. The highest BCUT2D eigenvalue weighted by Crippen LogP contribution is 2.40. The molecule has 0 N–H and O–H groups in total. The summed E-state index contributed by atoms with van der Waals surface area (Å²) in [7, 11) is 1.26. The molecule has 9 nitrogen and oxygen atoms in total. The van der Waals surface area contributed by atoms with E-state index in [-0.39, 0.29) is 16.6 Å². The zero-order valence-electron chi connectivity index (χ0n) is 17.4. The van der Waals surface area contributed by atoms with Crippen LogP contribution in [-0.2, 0) is 14.3 Å². The highest BCUT2D eigenvalue weighted by molar-refractivity contribution is 9.10. The van der Waals surface area contributed by atoms with Crippen molar-refractivity contribution in [1.29, 1.82) is 0 Å². The summed E-state index contributed by atoms with van der Waals surface area (Å²) in [6.45, 7) is 1.85. The van der Waals surface area contributed by atoms with Crippen LogP contribution in [0.5, 0.6) is 11.5 Å². The van der Waals surface area contributed by atoms with Crippen LogP contribution < -0.4 is 14.4 Å². The van der Waals surface area contributed by atoms with E-state index in [1.165, 1.54) is 30.2 Å². The Morgan fingerprint density at radius 1 is 1.30 bits per heavy atom. The maximum absolute atomic E-state index is 13.0. The molecule has 1 amide bonds. The minimum Gasteiger partial charge on any atom is -0.490 e. The van der Waals surface area contributed by atoms with Gasteiger partial charge in [0.25, 0.3) is 11.6 Å². The van der Waals surface area contributed by atoms with E-state index in [1.807, 2.05) is 0 Å². The Labute approximate surface area is 207 Å². The first kappa shape index (κ1) is 24.7. The molecule has 1 aliphatic rings. The van der Waals surface area contributed by atoms with E-state index in [4.69, 9.17) is 21.7 Å². The fourth-order valence-corrected chi connectivity index (χ4v) is 4.72. The average Bonchev–Trinajstić information content (AvgIpc) is 3.05. The van der Waals surface area contributed by atoms with Gasteiger partial charge in [-0.2, -0.15) is 0 Å². The number of ether oxygens (including phenoxy) is 3. The summed E-state index contributed by atoms with van der Waals surface area (Å²) in [5.41, 5.74) is 0.798. The molecule has 0 radical (unpaired) electrons. The minimum absolute atomic E-state index is 0.140. The number of thioether (sulfide) groups is 1. The molecular weight excluding hydrogens is 536 g/mol. The molecule has 2 aromatic carbocycles. The summed E-state index contributed by atoms with van der Waals surface area (Å²) in [5.74, 6) is -0.247. The number of esters is 1. The van der Waals surface area contributed by atoms with Crippen LogP contribution in [0.4, 0.5) is 11.4 Å². The lowest BCUT2D eigenvalue weighted by molar-refractivity contribution is -0.384. The Morgan fingerprint density at radius 2 is 2.06 bits per heavy atom. The maximum atomic E-state index is 13.0. The standard InChI is InChI=1S/C21H17BrN2O7S2/c1-3-30-16-8-12(7-15(22)19(16)31-11-18(25)29-2)9-17-20(26)23(21(32)33-17)13-5-4-6-14(10-13)24(27)28/h4-10H,3,11H2,1-2H3/b17-9+. The summed E-state index contributed by atoms with van der Waals surface area (Å²) in [5, 5.41) is 11.1. The molecule has 172 valence electrons. The van der Waals surface area contributed by atoms with Gasteiger partial charge in [0.05, 0.1) is 33.7 Å². The highest BCUT2D eigenvalue weighted by atomic mass is 79.9. The van der Waals surface area contributed by atoms with Gasteiger partial charge in [0.2, 0.25) is 0 Å². The van der Waals surface area contributed by atoms with Gasteiger partial charge in [0.15, 0.2) is 22.4 Å². The number of methoxy groups -OCH3 is 1. The third-order valence-corrected chi connectivity index (χ3v) is 6.18. The molecule has 33 heavy (non-hydrogen) atoms. The topological polar surface area (TPSA) is 108 Å². The monoisotopic (exact) mass is 552 g/mol. The fourth-order valence-electron chi connectivity index (χ4n) is 2.85. The molecule has 3 rings (SSSR count). The molecule has 2 aromatic rings. The predicted octanol–water partition coefficient (Wildman–Crippen LogP) is 4.71. The first-order valence-electron chi connectivity index (χ1n) is 9.43. The number of nitro groups is 1. The Morgan fingerprint density at radius 3 is 2.73 bits per heavy atom. The van der Waals surface area contributed by atoms with Crippen LogP contribution >= 0.6 is 39.9 Å². The van der Waals surface area contributed by atoms with Crippen LogP contribution in [0.3, 0.4) is 0 Å². The van der Waals surface area contributed by atoms with Crippen molar-refractivity contribution in [3.8, 4) is 11.5 Å². The lowest BCUT2D eigenvalue weighted by atomic mass is 10.1. The van der Waals surface area contributed by atoms with Crippen LogP contribution in [0.1, 0.15) is 12.5 Å². The van der Waals surface area contributed by atoms with Gasteiger partial charge in [0, 0.05) is 12.1 Å². The summed E-state index contributed by atoms with van der Waals surface area (Å²) in [4.78, 5) is 36.6. The van der Waals surface area contributed by atoms with E-state index in [2.05, 4.69) is 20.7 Å². The summed E-state index contributed by atoms with van der Waals surface area (Å²) >= 11 is 9.84. The number of carbonyl (C=O) groups excluding carboxylic acids is 2. The molecule has 0 atom stereocenters. The van der Waals surface area contributed by atoms with Gasteiger partial charge in [-0.25, -0.2) is 4.79 Å². The van der Waals surface area contributed by atoms with Gasteiger partial charge in [-0.15, -0.1) is 0 Å². The van der Waals surface area contributed by atoms with E-state index in [9.17, 15) is 19.7 Å². The molecule has 1 aliphatic heterocycles. The van der Waals surface area contributed by atoms with Crippen LogP contribution in [0.2, 0.25) is 0 Å². The summed E-state index contributed by atoms with van der Waals surface area (Å²) < 4.78 is 16.5. The first-order valence-corrected chi connectivity index (χ1v) is 11.4. The number of anilines is 1. The third kappa shape index (κ3) is 5.70. The van der Waals surface area contributed by atoms with Gasteiger partial charge in [0.1, 0.15) is 0 Å². The van der Waals surface area contributed by atoms with Gasteiger partial charge in [-0.1, -0.05) is 30.0 Å². The number of non-ortho nitro benzene ring substituents is 1. The second kappa shape index (κ2) is 10.8. The summed E-state index contributed by atoms with van der Waals surface area (Å²) in [6, 6.07) is 9.08. The Kier molecular flexibility index (Phi) is 8.06. The molecule has 1 saturated heterocycles. The number of nitrogens with zero attached hydrogens (tertiary/aromatic N) is 2. The molecule has 0 bridgehead atoms. The SMILES string of the molecule is CCOc1cc(/C=C2/SC(=S)N(c3cccc([N+](=O)[O-])c3)C2=O)cc(Br)c1OCC(=O)OC. The largest absolute Gasteiger partial charge is 0.490 e. The van der Waals surface area contributed by atoms with Crippen molar-refractivity contribution in [3.63, 3.8) is 0 Å². The molecule has 1 fully saturated rings.